The van der Waals surface area contributed by atoms with Gasteiger partial charge in [-0.2, -0.15) is 0 Å². The highest BCUT2D eigenvalue weighted by molar-refractivity contribution is 9.11. The van der Waals surface area contributed by atoms with Gasteiger partial charge in [-0.25, -0.2) is 0 Å². The van der Waals surface area contributed by atoms with Gasteiger partial charge in [0.15, 0.2) is 0 Å². The molecule has 15 heavy (non-hydrogen) atoms. The molecule has 0 radical (unpaired) electrons. The number of aromatic nitrogens is 1. The summed E-state index contributed by atoms with van der Waals surface area (Å²) in [5, 5.41) is 0. The van der Waals surface area contributed by atoms with Crippen molar-refractivity contribution in [1.29, 1.82) is 0 Å². The Hall–Kier alpha value is -0.540. The Bertz CT molecular complexity index is 461. The van der Waals surface area contributed by atoms with Crippen molar-refractivity contribution in [3.05, 3.63) is 50.7 Å². The molecule has 0 fully saturated rings. The molecule has 0 spiro atoms. The molecule has 1 nitrogen and oxygen atoms in total. The van der Waals surface area contributed by atoms with Crippen molar-refractivity contribution in [3.8, 4) is 5.69 Å². The molecule has 0 bridgehead atoms. The van der Waals surface area contributed by atoms with Crippen LogP contribution in [0.5, 0.6) is 0 Å². The molecule has 0 saturated heterocycles. The van der Waals surface area contributed by atoms with E-state index in [0.717, 1.165) is 14.6 Å². The van der Waals surface area contributed by atoms with Crippen LogP contribution < -0.4 is 0 Å². The van der Waals surface area contributed by atoms with Crippen molar-refractivity contribution >= 4 is 31.9 Å². The molecule has 0 saturated carbocycles. The third kappa shape index (κ3) is 1.91. The van der Waals surface area contributed by atoms with Gasteiger partial charge in [-0.3, -0.25) is 0 Å². The summed E-state index contributed by atoms with van der Waals surface area (Å²) in [7, 11) is 0. The number of halogens is 2. The molecule has 1 aromatic heterocycles. The fourth-order valence-corrected chi connectivity index (χ4v) is 3.08. The van der Waals surface area contributed by atoms with E-state index in [9.17, 15) is 0 Å². The van der Waals surface area contributed by atoms with E-state index >= 15 is 0 Å². The molecule has 0 N–H and O–H groups in total. The van der Waals surface area contributed by atoms with Gasteiger partial charge in [0.25, 0.3) is 0 Å². The average Bonchev–Trinajstić information content (AvgIpc) is 2.49. The standard InChI is InChI=1S/C12H11Br2N/c1-8-6-7-9(2)15(8)12-10(13)4-3-5-11(12)14/h3-7H,1-2H3. The highest BCUT2D eigenvalue weighted by Crippen LogP contribution is 2.31. The normalized spacial score (nSPS) is 10.7. The van der Waals surface area contributed by atoms with E-state index in [0.29, 0.717) is 0 Å². The second-order valence-electron chi connectivity index (χ2n) is 3.52. The van der Waals surface area contributed by atoms with Gasteiger partial charge in [0.1, 0.15) is 0 Å². The summed E-state index contributed by atoms with van der Waals surface area (Å²) in [6.45, 7) is 4.22. The van der Waals surface area contributed by atoms with Crippen LogP contribution in [0.3, 0.4) is 0 Å². The maximum Gasteiger partial charge on any atom is 0.0740 e. The smallest absolute Gasteiger partial charge is 0.0740 e. The predicted octanol–water partition coefficient (Wildman–Crippen LogP) is 4.62. The van der Waals surface area contributed by atoms with Crippen molar-refractivity contribution in [2.45, 2.75) is 13.8 Å². The molecule has 0 atom stereocenters. The minimum Gasteiger partial charge on any atom is -0.316 e. The lowest BCUT2D eigenvalue weighted by atomic mass is 10.3. The topological polar surface area (TPSA) is 4.93 Å². The zero-order valence-corrected chi connectivity index (χ0v) is 11.8. The van der Waals surface area contributed by atoms with Crippen LogP contribution in [0.2, 0.25) is 0 Å². The van der Waals surface area contributed by atoms with Crippen LogP contribution in [0, 0.1) is 13.8 Å². The summed E-state index contributed by atoms with van der Waals surface area (Å²) >= 11 is 7.17. The molecule has 1 heterocycles. The van der Waals surface area contributed by atoms with Crippen LogP contribution >= 0.6 is 31.9 Å². The van der Waals surface area contributed by atoms with Gasteiger partial charge in [-0.05, 0) is 70.0 Å². The van der Waals surface area contributed by atoms with E-state index in [4.69, 9.17) is 0 Å². The lowest BCUT2D eigenvalue weighted by Gasteiger charge is -2.13. The fraction of sp³-hybridized carbons (Fsp3) is 0.167. The highest BCUT2D eigenvalue weighted by Gasteiger charge is 2.10. The summed E-state index contributed by atoms with van der Waals surface area (Å²) < 4.78 is 4.42. The number of hydrogen-bond acceptors (Lipinski definition) is 0. The van der Waals surface area contributed by atoms with Crippen molar-refractivity contribution in [2.75, 3.05) is 0 Å². The van der Waals surface area contributed by atoms with Gasteiger partial charge in [0.05, 0.1) is 5.69 Å². The average molecular weight is 329 g/mol. The summed E-state index contributed by atoms with van der Waals surface area (Å²) in [6, 6.07) is 10.4. The quantitative estimate of drug-likeness (QED) is 0.720. The number of hydrogen-bond donors (Lipinski definition) is 0. The van der Waals surface area contributed by atoms with Crippen LogP contribution in [0.25, 0.3) is 5.69 Å². The molecule has 2 aromatic rings. The molecule has 0 unspecified atom stereocenters. The van der Waals surface area contributed by atoms with Crippen molar-refractivity contribution < 1.29 is 0 Å². The first-order chi connectivity index (χ1) is 7.11. The summed E-state index contributed by atoms with van der Waals surface area (Å²) in [5.41, 5.74) is 3.64. The van der Waals surface area contributed by atoms with E-state index in [1.165, 1.54) is 11.4 Å². The van der Waals surface area contributed by atoms with E-state index < -0.39 is 0 Å². The van der Waals surface area contributed by atoms with E-state index in [1.54, 1.807) is 0 Å². The number of rotatable bonds is 1. The monoisotopic (exact) mass is 327 g/mol. The zero-order valence-electron chi connectivity index (χ0n) is 8.59. The van der Waals surface area contributed by atoms with E-state index in [2.05, 4.69) is 74.5 Å². The first kappa shape index (κ1) is 11.0. The van der Waals surface area contributed by atoms with E-state index in [1.807, 2.05) is 6.07 Å². The Morgan fingerprint density at radius 2 is 1.33 bits per heavy atom. The van der Waals surface area contributed by atoms with Crippen molar-refractivity contribution in [3.63, 3.8) is 0 Å². The Morgan fingerprint density at radius 1 is 0.867 bits per heavy atom. The Labute approximate surface area is 106 Å². The number of aryl methyl sites for hydroxylation is 2. The Kier molecular flexibility index (Phi) is 3.03. The second-order valence-corrected chi connectivity index (χ2v) is 5.23. The van der Waals surface area contributed by atoms with Crippen LogP contribution in [0.15, 0.2) is 39.3 Å². The maximum atomic E-state index is 3.59. The lowest BCUT2D eigenvalue weighted by molar-refractivity contribution is 0.955. The van der Waals surface area contributed by atoms with Gasteiger partial charge < -0.3 is 4.57 Å². The van der Waals surface area contributed by atoms with Gasteiger partial charge in [-0.1, -0.05) is 6.07 Å². The minimum atomic E-state index is 1.10. The lowest BCUT2D eigenvalue weighted by Crippen LogP contribution is -2.00. The molecule has 0 aliphatic rings. The van der Waals surface area contributed by atoms with Crippen LogP contribution in [0.1, 0.15) is 11.4 Å². The molecule has 3 heteroatoms. The first-order valence-electron chi connectivity index (χ1n) is 4.70. The Balaban J connectivity index is 2.74. The van der Waals surface area contributed by atoms with Crippen molar-refractivity contribution in [1.82, 2.24) is 4.57 Å². The molecule has 2 rings (SSSR count). The summed E-state index contributed by atoms with van der Waals surface area (Å²) in [4.78, 5) is 0. The predicted molar refractivity (Wildman–Crippen MR) is 70.6 cm³/mol. The molecule has 0 aliphatic heterocycles. The van der Waals surface area contributed by atoms with E-state index in [-0.39, 0.29) is 0 Å². The number of benzene rings is 1. The fourth-order valence-electron chi connectivity index (χ4n) is 1.72. The highest BCUT2D eigenvalue weighted by atomic mass is 79.9. The molecular weight excluding hydrogens is 318 g/mol. The van der Waals surface area contributed by atoms with Gasteiger partial charge >= 0.3 is 0 Å². The molecule has 0 aliphatic carbocycles. The maximum absolute atomic E-state index is 3.59. The summed E-state index contributed by atoms with van der Waals surface area (Å²) in [5.74, 6) is 0. The zero-order chi connectivity index (χ0) is 11.0. The third-order valence-corrected chi connectivity index (χ3v) is 3.71. The number of para-hydroxylation sites is 1. The third-order valence-electron chi connectivity index (χ3n) is 2.43. The largest absolute Gasteiger partial charge is 0.316 e. The van der Waals surface area contributed by atoms with Gasteiger partial charge in [-0.15, -0.1) is 0 Å². The van der Waals surface area contributed by atoms with Gasteiger partial charge in [0.2, 0.25) is 0 Å². The summed E-state index contributed by atoms with van der Waals surface area (Å²) in [6.07, 6.45) is 0. The second kappa shape index (κ2) is 4.14. The van der Waals surface area contributed by atoms with Crippen LogP contribution in [-0.2, 0) is 0 Å². The number of nitrogens with zero attached hydrogens (tertiary/aromatic N) is 1. The Morgan fingerprint density at radius 3 is 1.80 bits per heavy atom. The SMILES string of the molecule is Cc1ccc(C)n1-c1c(Br)cccc1Br. The van der Waals surface area contributed by atoms with Crippen LogP contribution in [0.4, 0.5) is 0 Å². The first-order valence-corrected chi connectivity index (χ1v) is 6.29. The van der Waals surface area contributed by atoms with Gasteiger partial charge in [0, 0.05) is 20.3 Å². The molecule has 0 amide bonds. The minimum absolute atomic E-state index is 1.10. The van der Waals surface area contributed by atoms with Crippen LogP contribution in [-0.4, -0.2) is 4.57 Å². The molecular formula is C12H11Br2N. The molecule has 78 valence electrons. The molecule has 1 aromatic carbocycles. The van der Waals surface area contributed by atoms with Crippen molar-refractivity contribution in [2.24, 2.45) is 0 Å².